The Labute approximate surface area is 309 Å². The van der Waals surface area contributed by atoms with Crippen molar-refractivity contribution in [2.45, 2.75) is 0 Å². The summed E-state index contributed by atoms with van der Waals surface area (Å²) in [6.45, 7) is 0. The van der Waals surface area contributed by atoms with Crippen LogP contribution in [0, 0.1) is 0 Å². The van der Waals surface area contributed by atoms with E-state index in [1.807, 2.05) is 79.0 Å². The Kier molecular flexibility index (Phi) is 6.75. The van der Waals surface area contributed by atoms with Gasteiger partial charge in [0, 0.05) is 50.6 Å². The molecule has 0 amide bonds. The molecular weight excluding hydrogens is 665 g/mol. The highest BCUT2D eigenvalue weighted by atomic mass is 16.3. The Morgan fingerprint density at radius 3 is 1.61 bits per heavy atom. The lowest BCUT2D eigenvalue weighted by Crippen LogP contribution is -2.00. The van der Waals surface area contributed by atoms with Crippen LogP contribution >= 0.6 is 0 Å². The lowest BCUT2D eigenvalue weighted by molar-refractivity contribution is 0.668. The monoisotopic (exact) mass is 692 g/mol. The Hall–Kier alpha value is -7.44. The predicted octanol–water partition coefficient (Wildman–Crippen LogP) is 12.6. The molecule has 6 heteroatoms. The highest BCUT2D eigenvalue weighted by Gasteiger charge is 2.19. The molecule has 0 saturated carbocycles. The van der Waals surface area contributed by atoms with Crippen LogP contribution < -0.4 is 0 Å². The molecule has 7 aromatic carbocycles. The van der Waals surface area contributed by atoms with Gasteiger partial charge in [-0.05, 0) is 57.3 Å². The van der Waals surface area contributed by atoms with Crippen molar-refractivity contribution in [1.82, 2.24) is 19.9 Å². The van der Waals surface area contributed by atoms with Gasteiger partial charge in [-0.3, -0.25) is 4.98 Å². The smallest absolute Gasteiger partial charge is 0.164 e. The minimum absolute atomic E-state index is 0.571. The normalized spacial score (nSPS) is 11.7. The summed E-state index contributed by atoms with van der Waals surface area (Å²) in [4.78, 5) is 19.5. The molecule has 0 N–H and O–H groups in total. The number of hydrogen-bond acceptors (Lipinski definition) is 6. The molecule has 0 bridgehead atoms. The van der Waals surface area contributed by atoms with E-state index in [2.05, 4.69) is 89.9 Å². The van der Waals surface area contributed by atoms with Crippen molar-refractivity contribution in [2.24, 2.45) is 0 Å². The van der Waals surface area contributed by atoms with Crippen molar-refractivity contribution in [2.75, 3.05) is 0 Å². The van der Waals surface area contributed by atoms with E-state index in [1.165, 1.54) is 16.3 Å². The van der Waals surface area contributed by atoms with Crippen molar-refractivity contribution >= 4 is 54.6 Å². The molecule has 0 saturated heterocycles. The van der Waals surface area contributed by atoms with Crippen molar-refractivity contribution < 1.29 is 8.83 Å². The van der Waals surface area contributed by atoms with Gasteiger partial charge >= 0.3 is 0 Å². The summed E-state index contributed by atoms with van der Waals surface area (Å²) in [5.74, 6) is 1.76. The van der Waals surface area contributed by atoms with Gasteiger partial charge in [-0.2, -0.15) is 0 Å². The quantitative estimate of drug-likeness (QED) is 0.179. The lowest BCUT2D eigenvalue weighted by atomic mass is 9.90. The molecule has 54 heavy (non-hydrogen) atoms. The molecule has 0 aliphatic carbocycles. The first-order chi connectivity index (χ1) is 26.8. The van der Waals surface area contributed by atoms with Gasteiger partial charge in [0.1, 0.15) is 22.3 Å². The number of aromatic nitrogens is 4. The second-order valence-electron chi connectivity index (χ2n) is 13.4. The zero-order valence-corrected chi connectivity index (χ0v) is 28.8. The first-order valence-electron chi connectivity index (χ1n) is 17.9. The van der Waals surface area contributed by atoms with Gasteiger partial charge in [-0.25, -0.2) is 15.0 Å². The van der Waals surface area contributed by atoms with Crippen molar-refractivity contribution in [1.29, 1.82) is 0 Å². The van der Waals surface area contributed by atoms with Gasteiger partial charge < -0.3 is 8.83 Å². The Morgan fingerprint density at radius 2 is 0.852 bits per heavy atom. The summed E-state index contributed by atoms with van der Waals surface area (Å²) in [5, 5.41) is 6.47. The number of nitrogens with zero attached hydrogens (tertiary/aromatic N) is 4. The molecule has 4 aromatic heterocycles. The van der Waals surface area contributed by atoms with Crippen molar-refractivity contribution in [3.8, 4) is 56.4 Å². The molecule has 11 rings (SSSR count). The fourth-order valence-corrected chi connectivity index (χ4v) is 7.78. The minimum Gasteiger partial charge on any atom is -0.456 e. The van der Waals surface area contributed by atoms with Crippen molar-refractivity contribution in [3.05, 3.63) is 170 Å². The molecule has 4 heterocycles. The zero-order chi connectivity index (χ0) is 35.6. The Balaban J connectivity index is 1.04. The Bertz CT molecular complexity index is 3220. The molecule has 0 unspecified atom stereocenters. The van der Waals surface area contributed by atoms with Gasteiger partial charge in [0.05, 0.1) is 0 Å². The molecule has 6 nitrogen and oxygen atoms in total. The third-order valence-corrected chi connectivity index (χ3v) is 10.3. The largest absolute Gasteiger partial charge is 0.456 e. The second kappa shape index (κ2) is 12.1. The number of furan rings is 2. The number of hydrogen-bond donors (Lipinski definition) is 0. The standard InChI is InChI=1S/C48H28N4O2/c1-2-10-30(11-3-1)46-50-47(52-48(51-46)38-16-9-19-43-45(38)39-28-49-27-26-41(39)54-43)31-22-20-29(21-23-31)32-24-25-35(34-13-5-4-12-33(32)34)36-15-8-18-42-44(36)37-14-6-7-17-40(37)53-42/h1-28H. The zero-order valence-electron chi connectivity index (χ0n) is 28.8. The molecule has 0 radical (unpaired) electrons. The number of pyridine rings is 1. The average Bonchev–Trinajstić information content (AvgIpc) is 3.82. The molecule has 11 aromatic rings. The van der Waals surface area contributed by atoms with Crippen molar-refractivity contribution in [3.63, 3.8) is 0 Å². The Morgan fingerprint density at radius 1 is 0.315 bits per heavy atom. The number of para-hydroxylation sites is 1. The number of benzene rings is 7. The van der Waals surface area contributed by atoms with Crippen LogP contribution in [0.3, 0.4) is 0 Å². The summed E-state index contributed by atoms with van der Waals surface area (Å²) in [7, 11) is 0. The molecule has 0 aliphatic heterocycles. The summed E-state index contributed by atoms with van der Waals surface area (Å²) >= 11 is 0. The van der Waals surface area contributed by atoms with Crippen LogP contribution in [0.1, 0.15) is 0 Å². The van der Waals surface area contributed by atoms with E-state index >= 15 is 0 Å². The van der Waals surface area contributed by atoms with Gasteiger partial charge in [-0.1, -0.05) is 133 Å². The molecule has 252 valence electrons. The number of rotatable bonds is 5. The van der Waals surface area contributed by atoms with E-state index in [0.717, 1.165) is 77.3 Å². The first kappa shape index (κ1) is 30.2. The van der Waals surface area contributed by atoms with Crippen LogP contribution in [0.4, 0.5) is 0 Å². The van der Waals surface area contributed by atoms with E-state index < -0.39 is 0 Å². The average molecular weight is 693 g/mol. The van der Waals surface area contributed by atoms with Gasteiger partial charge in [0.15, 0.2) is 17.5 Å². The SMILES string of the molecule is c1ccc(-c2nc(-c3ccc(-c4ccc(-c5cccc6oc7ccccc7c56)c5ccccc45)cc3)nc(-c3cccc4oc5ccncc5c34)n2)cc1. The molecular formula is C48H28N4O2. The molecule has 0 fully saturated rings. The van der Waals surface area contributed by atoms with Gasteiger partial charge in [-0.15, -0.1) is 0 Å². The lowest BCUT2D eigenvalue weighted by Gasteiger charge is -2.13. The topological polar surface area (TPSA) is 77.8 Å². The van der Waals surface area contributed by atoms with Crippen LogP contribution in [0.2, 0.25) is 0 Å². The third kappa shape index (κ3) is 4.81. The molecule has 0 atom stereocenters. The van der Waals surface area contributed by atoms with E-state index in [9.17, 15) is 0 Å². The fourth-order valence-electron chi connectivity index (χ4n) is 7.78. The van der Waals surface area contributed by atoms with Crippen LogP contribution in [0.5, 0.6) is 0 Å². The fraction of sp³-hybridized carbons (Fsp3) is 0. The second-order valence-corrected chi connectivity index (χ2v) is 13.4. The molecule has 0 aliphatic rings. The maximum Gasteiger partial charge on any atom is 0.164 e. The van der Waals surface area contributed by atoms with Crippen LogP contribution in [0.25, 0.3) is 111 Å². The van der Waals surface area contributed by atoms with E-state index in [0.29, 0.717) is 17.5 Å². The van der Waals surface area contributed by atoms with Crippen LogP contribution in [-0.2, 0) is 0 Å². The molecule has 0 spiro atoms. The first-order valence-corrected chi connectivity index (χ1v) is 17.9. The van der Waals surface area contributed by atoms with E-state index in [1.54, 1.807) is 6.20 Å². The van der Waals surface area contributed by atoms with E-state index in [-0.39, 0.29) is 0 Å². The third-order valence-electron chi connectivity index (χ3n) is 10.3. The summed E-state index contributed by atoms with van der Waals surface area (Å²) in [5.41, 5.74) is 10.6. The van der Waals surface area contributed by atoms with Crippen LogP contribution in [0.15, 0.2) is 179 Å². The summed E-state index contributed by atoms with van der Waals surface area (Å²) < 4.78 is 12.4. The predicted molar refractivity (Wildman–Crippen MR) is 217 cm³/mol. The van der Waals surface area contributed by atoms with Gasteiger partial charge in [0.25, 0.3) is 0 Å². The maximum atomic E-state index is 6.24. The minimum atomic E-state index is 0.571. The van der Waals surface area contributed by atoms with Gasteiger partial charge in [0.2, 0.25) is 0 Å². The highest BCUT2D eigenvalue weighted by molar-refractivity contribution is 6.16. The maximum absolute atomic E-state index is 6.24. The number of fused-ring (bicyclic) bond motifs is 7. The van der Waals surface area contributed by atoms with E-state index in [4.69, 9.17) is 23.8 Å². The van der Waals surface area contributed by atoms with Crippen LogP contribution in [-0.4, -0.2) is 19.9 Å². The summed E-state index contributed by atoms with van der Waals surface area (Å²) in [6.07, 6.45) is 3.57. The highest BCUT2D eigenvalue weighted by Crippen LogP contribution is 2.42. The summed E-state index contributed by atoms with van der Waals surface area (Å²) in [6, 6.07) is 54.1.